The number of aromatic nitrogens is 4. The van der Waals surface area contributed by atoms with Gasteiger partial charge in [0.25, 0.3) is 0 Å². The van der Waals surface area contributed by atoms with E-state index in [9.17, 15) is 9.59 Å². The number of nitrogens with zero attached hydrogens (tertiary/aromatic N) is 4. The second kappa shape index (κ2) is 7.80. The van der Waals surface area contributed by atoms with Crippen molar-refractivity contribution in [2.24, 2.45) is 0 Å². The summed E-state index contributed by atoms with van der Waals surface area (Å²) in [5.74, 6) is 1.19. The van der Waals surface area contributed by atoms with Crippen LogP contribution < -0.4 is 26.6 Å². The minimum atomic E-state index is -0.595. The molecule has 1 saturated carbocycles. The van der Waals surface area contributed by atoms with Crippen LogP contribution in [0.2, 0.25) is 0 Å². The van der Waals surface area contributed by atoms with E-state index >= 15 is 0 Å². The van der Waals surface area contributed by atoms with Gasteiger partial charge in [-0.25, -0.2) is 4.79 Å². The number of amides is 3. The number of anilines is 2. The normalized spacial score (nSPS) is 19.5. The number of hydrogen-bond acceptors (Lipinski definition) is 8. The van der Waals surface area contributed by atoms with Crippen molar-refractivity contribution in [1.29, 1.82) is 0 Å². The molecule has 2 aliphatic rings. The van der Waals surface area contributed by atoms with Crippen molar-refractivity contribution in [3.05, 3.63) is 17.5 Å². The second-order valence-corrected chi connectivity index (χ2v) is 7.00. The predicted molar refractivity (Wildman–Crippen MR) is 104 cm³/mol. The van der Waals surface area contributed by atoms with Crippen molar-refractivity contribution >= 4 is 36.1 Å². The largest absolute Gasteiger partial charge is 0.351 e. The molecule has 0 bridgehead atoms. The Balaban J connectivity index is 1.64. The molecule has 11 heteroatoms. The van der Waals surface area contributed by atoms with Gasteiger partial charge in [0.1, 0.15) is 0 Å². The zero-order valence-corrected chi connectivity index (χ0v) is 15.5. The molecule has 3 heterocycles. The summed E-state index contributed by atoms with van der Waals surface area (Å²) in [6.45, 7) is 3.57. The number of nitrogens with one attached hydrogen (secondary N) is 5. The van der Waals surface area contributed by atoms with Gasteiger partial charge in [-0.2, -0.15) is 19.6 Å². The molecule has 1 unspecified atom stereocenters. The zero-order valence-electron chi connectivity index (χ0n) is 15.5. The minimum Gasteiger partial charge on any atom is -0.351 e. The van der Waals surface area contributed by atoms with E-state index in [1.807, 2.05) is 5.32 Å². The smallest absolute Gasteiger partial charge is 0.325 e. The number of imide groups is 1. The van der Waals surface area contributed by atoms with Gasteiger partial charge in [-0.05, 0) is 38.8 Å². The Labute approximate surface area is 161 Å². The Morgan fingerprint density at radius 3 is 2.82 bits per heavy atom. The molecule has 148 valence electrons. The maximum atomic E-state index is 11.5. The third-order valence-corrected chi connectivity index (χ3v) is 4.57. The van der Waals surface area contributed by atoms with Crippen LogP contribution in [0.25, 0.3) is 11.7 Å². The maximum absolute atomic E-state index is 11.5. The molecular formula is C17H23N9O2. The molecule has 0 spiro atoms. The van der Waals surface area contributed by atoms with Crippen molar-refractivity contribution in [2.45, 2.75) is 38.3 Å². The van der Waals surface area contributed by atoms with Crippen LogP contribution in [0.1, 0.15) is 31.7 Å². The topological polar surface area (TPSA) is 137 Å². The summed E-state index contributed by atoms with van der Waals surface area (Å²) in [4.78, 5) is 31.1. The lowest BCUT2D eigenvalue weighted by atomic mass is 10.2. The lowest BCUT2D eigenvalue weighted by Gasteiger charge is -2.13. The molecule has 0 radical (unpaired) electrons. The van der Waals surface area contributed by atoms with Crippen LogP contribution >= 0.6 is 0 Å². The van der Waals surface area contributed by atoms with Crippen molar-refractivity contribution in [1.82, 2.24) is 35.5 Å². The van der Waals surface area contributed by atoms with Crippen molar-refractivity contribution in [3.63, 3.8) is 0 Å². The molecule has 5 N–H and O–H groups in total. The van der Waals surface area contributed by atoms with E-state index in [0.717, 1.165) is 37.9 Å². The van der Waals surface area contributed by atoms with Gasteiger partial charge in [0.05, 0.1) is 6.20 Å². The third kappa shape index (κ3) is 4.19. The molecule has 3 amide bonds. The van der Waals surface area contributed by atoms with Gasteiger partial charge in [-0.1, -0.05) is 0 Å². The van der Waals surface area contributed by atoms with Crippen molar-refractivity contribution in [2.75, 3.05) is 23.7 Å². The standard InChI is InChI=1S/C17H23N9O2/c1-10(21-17(28)19-9-27)6-11-7-20-26-14(11)24-15(22-13-4-5-18-8-13)25-16(26)23-12-2-3-12/h6-7,9,12-13,18H,2-5,8H2,1H3,(H2,19,21,27,28)(H2,22,23,24,25)/b10-6-. The molecule has 1 aliphatic heterocycles. The fourth-order valence-electron chi connectivity index (χ4n) is 3.06. The number of allylic oxidation sites excluding steroid dienone is 1. The van der Waals surface area contributed by atoms with E-state index in [1.165, 1.54) is 0 Å². The quantitative estimate of drug-likeness (QED) is 0.429. The summed E-state index contributed by atoms with van der Waals surface area (Å²) in [7, 11) is 0. The molecule has 2 fully saturated rings. The fraction of sp³-hybridized carbons (Fsp3) is 0.471. The third-order valence-electron chi connectivity index (χ3n) is 4.57. The summed E-state index contributed by atoms with van der Waals surface area (Å²) < 4.78 is 1.67. The highest BCUT2D eigenvalue weighted by molar-refractivity contribution is 5.86. The number of rotatable bonds is 7. The number of carbonyl (C=O) groups is 2. The number of urea groups is 1. The highest BCUT2D eigenvalue weighted by atomic mass is 16.2. The van der Waals surface area contributed by atoms with Crippen LogP contribution in [0.5, 0.6) is 0 Å². The summed E-state index contributed by atoms with van der Waals surface area (Å²) in [5.41, 5.74) is 1.92. The Morgan fingerprint density at radius 2 is 2.11 bits per heavy atom. The molecule has 0 aromatic carbocycles. The van der Waals surface area contributed by atoms with Gasteiger partial charge in [0, 0.05) is 29.9 Å². The number of hydrogen-bond donors (Lipinski definition) is 5. The molecule has 1 saturated heterocycles. The van der Waals surface area contributed by atoms with Gasteiger partial charge >= 0.3 is 6.03 Å². The molecule has 28 heavy (non-hydrogen) atoms. The fourth-order valence-corrected chi connectivity index (χ4v) is 3.06. The molecule has 4 rings (SSSR count). The Kier molecular flexibility index (Phi) is 5.06. The average molecular weight is 385 g/mol. The van der Waals surface area contributed by atoms with Gasteiger partial charge in [0.2, 0.25) is 18.3 Å². The van der Waals surface area contributed by atoms with Crippen LogP contribution in [0.4, 0.5) is 16.7 Å². The summed E-state index contributed by atoms with van der Waals surface area (Å²) in [6.07, 6.45) is 7.00. The highest BCUT2D eigenvalue weighted by Gasteiger charge is 2.24. The lowest BCUT2D eigenvalue weighted by Crippen LogP contribution is -2.33. The highest BCUT2D eigenvalue weighted by Crippen LogP contribution is 2.25. The molecule has 2 aromatic heterocycles. The SMILES string of the molecule is C/C(=C/c1cnn2c(NC3CC3)nc(NC3CCNC3)nc12)NC(=O)NC=O. The second-order valence-electron chi connectivity index (χ2n) is 7.00. The molecule has 1 atom stereocenters. The van der Waals surface area contributed by atoms with E-state index in [-0.39, 0.29) is 6.04 Å². The van der Waals surface area contributed by atoms with E-state index in [4.69, 9.17) is 0 Å². The van der Waals surface area contributed by atoms with Gasteiger partial charge in [-0.15, -0.1) is 0 Å². The number of fused-ring (bicyclic) bond motifs is 1. The minimum absolute atomic E-state index is 0.286. The van der Waals surface area contributed by atoms with Crippen LogP contribution in [-0.4, -0.2) is 57.2 Å². The summed E-state index contributed by atoms with van der Waals surface area (Å²) in [5, 5.41) is 19.1. The lowest BCUT2D eigenvalue weighted by molar-refractivity contribution is -0.108. The molecule has 1 aliphatic carbocycles. The van der Waals surface area contributed by atoms with Crippen molar-refractivity contribution in [3.8, 4) is 0 Å². The first kappa shape index (κ1) is 18.2. The first-order valence-corrected chi connectivity index (χ1v) is 9.31. The van der Waals surface area contributed by atoms with Gasteiger partial charge < -0.3 is 21.3 Å². The first-order valence-electron chi connectivity index (χ1n) is 9.31. The predicted octanol–water partition coefficient (Wildman–Crippen LogP) is 0.289. The monoisotopic (exact) mass is 385 g/mol. The van der Waals surface area contributed by atoms with E-state index < -0.39 is 6.03 Å². The Bertz CT molecular complexity index is 913. The van der Waals surface area contributed by atoms with Gasteiger partial charge in [0.15, 0.2) is 5.65 Å². The van der Waals surface area contributed by atoms with Gasteiger partial charge in [-0.3, -0.25) is 10.1 Å². The Morgan fingerprint density at radius 1 is 1.25 bits per heavy atom. The maximum Gasteiger partial charge on any atom is 0.325 e. The first-order chi connectivity index (χ1) is 13.6. The average Bonchev–Trinajstić information content (AvgIpc) is 3.15. The zero-order chi connectivity index (χ0) is 19.5. The van der Waals surface area contributed by atoms with Crippen LogP contribution in [-0.2, 0) is 4.79 Å². The van der Waals surface area contributed by atoms with E-state index in [1.54, 1.807) is 23.7 Å². The molecule has 11 nitrogen and oxygen atoms in total. The summed E-state index contributed by atoms with van der Waals surface area (Å²) >= 11 is 0. The van der Waals surface area contributed by atoms with Crippen LogP contribution in [0, 0.1) is 0 Å². The van der Waals surface area contributed by atoms with Crippen LogP contribution in [0.15, 0.2) is 11.9 Å². The van der Waals surface area contributed by atoms with E-state index in [0.29, 0.717) is 35.7 Å². The van der Waals surface area contributed by atoms with Crippen molar-refractivity contribution < 1.29 is 9.59 Å². The van der Waals surface area contributed by atoms with Crippen LogP contribution in [0.3, 0.4) is 0 Å². The number of carbonyl (C=O) groups excluding carboxylic acids is 2. The molecular weight excluding hydrogens is 362 g/mol. The Hall–Kier alpha value is -3.21. The van der Waals surface area contributed by atoms with E-state index in [2.05, 4.69) is 36.3 Å². The molecule has 2 aromatic rings. The summed E-state index contributed by atoms with van der Waals surface area (Å²) in [6, 6.07) is 0.105.